The summed E-state index contributed by atoms with van der Waals surface area (Å²) in [7, 11) is 0. The molecule has 1 aromatic heterocycles. The van der Waals surface area contributed by atoms with Crippen LogP contribution in [0.1, 0.15) is 33.9 Å². The fourth-order valence-corrected chi connectivity index (χ4v) is 7.77. The first kappa shape index (κ1) is 32.7. The van der Waals surface area contributed by atoms with E-state index in [9.17, 15) is 24.8 Å². The van der Waals surface area contributed by atoms with Gasteiger partial charge in [0.25, 0.3) is 11.5 Å². The molecule has 1 aliphatic rings. The SMILES string of the molecule is Cc1cccc(COc2ccc(/C(O)=C3\C(=O)C(=O)N(c4nnc(SCc5cccc6ccccc56)s4)C3c3cccc([N+](=O)[O-])c3)cc2)c1. The number of hydrogen-bond donors (Lipinski definition) is 1. The van der Waals surface area contributed by atoms with Gasteiger partial charge in [-0.3, -0.25) is 24.6 Å². The van der Waals surface area contributed by atoms with Gasteiger partial charge < -0.3 is 9.84 Å². The van der Waals surface area contributed by atoms with Crippen LogP contribution in [-0.4, -0.2) is 31.9 Å². The second-order valence-corrected chi connectivity index (χ2v) is 13.8. The summed E-state index contributed by atoms with van der Waals surface area (Å²) < 4.78 is 6.47. The first-order valence-electron chi connectivity index (χ1n) is 15.5. The molecule has 1 fully saturated rings. The summed E-state index contributed by atoms with van der Waals surface area (Å²) in [4.78, 5) is 39.7. The minimum absolute atomic E-state index is 0.128. The van der Waals surface area contributed by atoms with E-state index >= 15 is 0 Å². The number of ether oxygens (including phenoxy) is 1. The summed E-state index contributed by atoms with van der Waals surface area (Å²) in [6.45, 7) is 2.34. The third kappa shape index (κ3) is 6.58. The monoisotopic (exact) mass is 700 g/mol. The molecule has 0 aliphatic carbocycles. The Labute approximate surface area is 294 Å². The summed E-state index contributed by atoms with van der Waals surface area (Å²) >= 11 is 2.57. The molecule has 5 aromatic carbocycles. The maximum Gasteiger partial charge on any atom is 0.301 e. The standard InChI is InChI=1S/C38H28N4O6S2/c1-23-7-4-8-24(19-23)21-48-30-17-15-26(16-18-30)34(43)32-33(27-11-6-13-29(20-27)42(46)47)41(36(45)35(32)44)37-39-40-38(50-37)49-22-28-12-5-10-25-9-2-3-14-31(25)28/h2-20,33,43H,21-22H2,1H3/b34-32+. The maximum absolute atomic E-state index is 13.7. The number of aliphatic hydroxyl groups is 1. The topological polar surface area (TPSA) is 136 Å². The van der Waals surface area contributed by atoms with Gasteiger partial charge in [0.15, 0.2) is 4.34 Å². The number of nitro benzene ring substituents is 1. The molecule has 0 radical (unpaired) electrons. The van der Waals surface area contributed by atoms with Gasteiger partial charge >= 0.3 is 5.91 Å². The smallest absolute Gasteiger partial charge is 0.301 e. The average molecular weight is 701 g/mol. The molecular weight excluding hydrogens is 673 g/mol. The molecule has 6 aromatic rings. The van der Waals surface area contributed by atoms with Gasteiger partial charge in [-0.05, 0) is 58.7 Å². The van der Waals surface area contributed by atoms with Crippen LogP contribution in [-0.2, 0) is 21.9 Å². The molecule has 1 aliphatic heterocycles. The van der Waals surface area contributed by atoms with E-state index in [0.29, 0.717) is 22.4 Å². The fraction of sp³-hybridized carbons (Fsp3) is 0.105. The first-order chi connectivity index (χ1) is 24.3. The summed E-state index contributed by atoms with van der Waals surface area (Å²) in [5.74, 6) is -1.17. The number of aryl methyl sites for hydroxylation is 1. The molecule has 7 rings (SSSR count). The third-order valence-electron chi connectivity index (χ3n) is 8.29. The van der Waals surface area contributed by atoms with Crippen LogP contribution >= 0.6 is 23.1 Å². The number of carbonyl (C=O) groups is 2. The number of nitrogens with zero attached hydrogens (tertiary/aromatic N) is 4. The van der Waals surface area contributed by atoms with Crippen LogP contribution in [0.5, 0.6) is 5.75 Å². The van der Waals surface area contributed by atoms with Crippen LogP contribution in [0.2, 0.25) is 0 Å². The van der Waals surface area contributed by atoms with Gasteiger partial charge in [0.2, 0.25) is 5.13 Å². The van der Waals surface area contributed by atoms with Crippen molar-refractivity contribution in [2.75, 3.05) is 4.90 Å². The zero-order valence-electron chi connectivity index (χ0n) is 26.6. The zero-order chi connectivity index (χ0) is 34.8. The Morgan fingerprint density at radius 1 is 0.940 bits per heavy atom. The summed E-state index contributed by atoms with van der Waals surface area (Å²) in [6.07, 6.45) is 0. The third-order valence-corrected chi connectivity index (χ3v) is 10.4. The van der Waals surface area contributed by atoms with E-state index in [2.05, 4.69) is 16.3 Å². The molecule has 1 saturated heterocycles. The highest BCUT2D eigenvalue weighted by molar-refractivity contribution is 8.00. The second kappa shape index (κ2) is 13.9. The Balaban J connectivity index is 1.20. The van der Waals surface area contributed by atoms with Crippen molar-refractivity contribution in [1.82, 2.24) is 10.2 Å². The molecule has 0 saturated carbocycles. The highest BCUT2D eigenvalue weighted by Gasteiger charge is 2.48. The Hall–Kier alpha value is -5.85. The highest BCUT2D eigenvalue weighted by atomic mass is 32.2. The summed E-state index contributed by atoms with van der Waals surface area (Å²) in [5, 5.41) is 34.2. The van der Waals surface area contributed by atoms with Gasteiger partial charge in [0.1, 0.15) is 18.1 Å². The van der Waals surface area contributed by atoms with Crippen molar-refractivity contribution in [2.24, 2.45) is 0 Å². The number of rotatable bonds is 10. The van der Waals surface area contributed by atoms with E-state index in [1.54, 1.807) is 30.3 Å². The van der Waals surface area contributed by atoms with E-state index < -0.39 is 28.4 Å². The molecule has 0 bridgehead atoms. The number of aliphatic hydroxyl groups excluding tert-OH is 1. The number of carbonyl (C=O) groups excluding carboxylic acids is 2. The van der Waals surface area contributed by atoms with Crippen molar-refractivity contribution in [3.05, 3.63) is 159 Å². The van der Waals surface area contributed by atoms with E-state index in [0.717, 1.165) is 43.7 Å². The number of fused-ring (bicyclic) bond motifs is 1. The van der Waals surface area contributed by atoms with Crippen molar-refractivity contribution in [1.29, 1.82) is 0 Å². The molecule has 0 spiro atoms. The van der Waals surface area contributed by atoms with Crippen molar-refractivity contribution in [3.8, 4) is 5.75 Å². The minimum Gasteiger partial charge on any atom is -0.507 e. The number of non-ortho nitro benzene ring substituents is 1. The first-order valence-corrected chi connectivity index (χ1v) is 17.3. The number of hydrogen-bond acceptors (Lipinski definition) is 10. The van der Waals surface area contributed by atoms with Crippen LogP contribution in [0.4, 0.5) is 10.8 Å². The van der Waals surface area contributed by atoms with Crippen LogP contribution in [0.25, 0.3) is 16.5 Å². The second-order valence-electron chi connectivity index (χ2n) is 11.6. The Bertz CT molecular complexity index is 2300. The fourth-order valence-electron chi connectivity index (χ4n) is 5.90. The summed E-state index contributed by atoms with van der Waals surface area (Å²) in [6, 6.07) is 33.1. The number of aromatic nitrogens is 2. The lowest BCUT2D eigenvalue weighted by atomic mass is 9.95. The quantitative estimate of drug-likeness (QED) is 0.0284. The number of benzene rings is 5. The predicted octanol–water partition coefficient (Wildman–Crippen LogP) is 8.41. The van der Waals surface area contributed by atoms with Crippen molar-refractivity contribution in [2.45, 2.75) is 29.7 Å². The van der Waals surface area contributed by atoms with Crippen molar-refractivity contribution in [3.63, 3.8) is 0 Å². The number of Topliss-reactive ketones (excluding diaryl/α,β-unsaturated/α-hetero) is 1. The van der Waals surface area contributed by atoms with Gasteiger partial charge in [-0.25, -0.2) is 0 Å². The largest absolute Gasteiger partial charge is 0.507 e. The van der Waals surface area contributed by atoms with Crippen LogP contribution in [0, 0.1) is 17.0 Å². The van der Waals surface area contributed by atoms with E-state index in [1.807, 2.05) is 67.6 Å². The Kier molecular flexibility index (Phi) is 9.11. The molecule has 10 nitrogen and oxygen atoms in total. The molecule has 1 amide bonds. The molecule has 50 heavy (non-hydrogen) atoms. The number of anilines is 1. The number of thioether (sulfide) groups is 1. The highest BCUT2D eigenvalue weighted by Crippen LogP contribution is 2.45. The van der Waals surface area contributed by atoms with Crippen molar-refractivity contribution < 1.29 is 24.4 Å². The molecule has 2 heterocycles. The van der Waals surface area contributed by atoms with Crippen LogP contribution < -0.4 is 9.64 Å². The van der Waals surface area contributed by atoms with E-state index in [1.165, 1.54) is 30.0 Å². The lowest BCUT2D eigenvalue weighted by molar-refractivity contribution is -0.384. The van der Waals surface area contributed by atoms with Gasteiger partial charge in [0, 0.05) is 23.4 Å². The molecule has 248 valence electrons. The number of nitro groups is 1. The summed E-state index contributed by atoms with van der Waals surface area (Å²) in [5.41, 5.74) is 3.30. The predicted molar refractivity (Wildman–Crippen MR) is 193 cm³/mol. The van der Waals surface area contributed by atoms with Crippen molar-refractivity contribution >= 4 is 62.1 Å². The molecule has 1 N–H and O–H groups in total. The van der Waals surface area contributed by atoms with Gasteiger partial charge in [-0.1, -0.05) is 108 Å². The Morgan fingerprint density at radius 2 is 1.70 bits per heavy atom. The average Bonchev–Trinajstić information content (AvgIpc) is 3.71. The van der Waals surface area contributed by atoms with Crippen LogP contribution in [0.3, 0.4) is 0 Å². The zero-order valence-corrected chi connectivity index (χ0v) is 28.2. The van der Waals surface area contributed by atoms with Gasteiger partial charge in [0.05, 0.1) is 16.5 Å². The Morgan fingerprint density at radius 3 is 2.50 bits per heavy atom. The molecule has 12 heteroatoms. The van der Waals surface area contributed by atoms with E-state index in [4.69, 9.17) is 4.74 Å². The number of ketones is 1. The number of amides is 1. The van der Waals surface area contributed by atoms with Crippen LogP contribution in [0.15, 0.2) is 125 Å². The van der Waals surface area contributed by atoms with Gasteiger partial charge in [-0.2, -0.15) is 0 Å². The lowest BCUT2D eigenvalue weighted by Crippen LogP contribution is -2.29. The van der Waals surface area contributed by atoms with Gasteiger partial charge in [-0.15, -0.1) is 10.2 Å². The molecule has 1 atom stereocenters. The molecular formula is C38H28N4O6S2. The minimum atomic E-state index is -1.20. The maximum atomic E-state index is 13.7. The van der Waals surface area contributed by atoms with E-state index in [-0.39, 0.29) is 27.5 Å². The lowest BCUT2D eigenvalue weighted by Gasteiger charge is -2.22. The normalized spacial score (nSPS) is 15.5. The molecule has 1 unspecified atom stereocenters.